The summed E-state index contributed by atoms with van der Waals surface area (Å²) in [6.07, 6.45) is 0. The summed E-state index contributed by atoms with van der Waals surface area (Å²) in [5, 5.41) is 7.75. The molecule has 0 saturated carbocycles. The molecule has 0 aliphatic rings. The lowest BCUT2D eigenvalue weighted by Gasteiger charge is -2.15. The van der Waals surface area contributed by atoms with Crippen molar-refractivity contribution in [2.45, 2.75) is 11.2 Å². The number of thiol groups is 1. The predicted molar refractivity (Wildman–Crippen MR) is 72.5 cm³/mol. The molecule has 1 N–H and O–H groups in total. The molecule has 0 heterocycles. The third-order valence-electron chi connectivity index (χ3n) is 1.95. The van der Waals surface area contributed by atoms with Crippen molar-refractivity contribution in [3.63, 3.8) is 0 Å². The van der Waals surface area contributed by atoms with Crippen molar-refractivity contribution < 1.29 is 23.6 Å². The minimum absolute atomic E-state index is 0.165. The van der Waals surface area contributed by atoms with E-state index < -0.39 is 25.2 Å². The molecule has 0 aliphatic carbocycles. The van der Waals surface area contributed by atoms with E-state index in [4.69, 9.17) is 16.3 Å². The number of carbonyl (C=O) groups is 2. The van der Waals surface area contributed by atoms with Crippen molar-refractivity contribution in [1.82, 2.24) is 0 Å². The lowest BCUT2D eigenvalue weighted by Crippen LogP contribution is -2.34. The first-order valence-electron chi connectivity index (χ1n) is 4.71. The van der Waals surface area contributed by atoms with Crippen LogP contribution in [0.25, 0.3) is 0 Å². The number of hydrogen-bond acceptors (Lipinski definition) is 5. The Kier molecular flexibility index (Phi) is 5.12. The van der Waals surface area contributed by atoms with Crippen LogP contribution in [0, 0.1) is 0 Å². The van der Waals surface area contributed by atoms with Gasteiger partial charge in [0.1, 0.15) is 0 Å². The lowest BCUT2D eigenvalue weighted by molar-refractivity contribution is -0.141. The van der Waals surface area contributed by atoms with Crippen LogP contribution in [-0.2, 0) is 35.0 Å². The molecule has 0 saturated heterocycles. The van der Waals surface area contributed by atoms with Gasteiger partial charge in [-0.2, -0.15) is 0 Å². The molecule has 0 radical (unpaired) electrons. The van der Waals surface area contributed by atoms with Gasteiger partial charge in [0.15, 0.2) is 0 Å². The van der Waals surface area contributed by atoms with Crippen molar-refractivity contribution >= 4 is 43.6 Å². The topological polar surface area (TPSA) is 80.7 Å². The van der Waals surface area contributed by atoms with E-state index in [1.807, 2.05) is 0 Å². The Morgan fingerprint density at radius 3 is 2.39 bits per heavy atom. The van der Waals surface area contributed by atoms with Gasteiger partial charge in [0.25, 0.3) is 5.44 Å². The third kappa shape index (κ3) is 4.28. The Labute approximate surface area is 114 Å². The zero-order chi connectivity index (χ0) is 13.8. The maximum Gasteiger partial charge on any atom is 0.365 e. The fraction of sp³-hybridized carbons (Fsp3) is 0.200. The van der Waals surface area contributed by atoms with Crippen LogP contribution in [-0.4, -0.2) is 26.0 Å². The highest BCUT2D eigenvalue weighted by Gasteiger charge is 2.32. The van der Waals surface area contributed by atoms with Crippen LogP contribution in [0.5, 0.6) is 0 Å². The molecule has 0 bridgehead atoms. The van der Waals surface area contributed by atoms with Gasteiger partial charge in [0, 0.05) is 0 Å². The molecule has 5 nitrogen and oxygen atoms in total. The number of carbonyl (C=O) groups excluding carboxylic acids is 1. The van der Waals surface area contributed by atoms with Crippen LogP contribution in [0.3, 0.4) is 0 Å². The van der Waals surface area contributed by atoms with Crippen LogP contribution in [0.1, 0.15) is 5.56 Å². The van der Waals surface area contributed by atoms with E-state index in [2.05, 4.69) is 17.4 Å². The highest BCUT2D eigenvalue weighted by Crippen LogP contribution is 2.14. The van der Waals surface area contributed by atoms with Crippen LogP contribution < -0.4 is 0 Å². The van der Waals surface area contributed by atoms with Crippen molar-refractivity contribution in [2.75, 3.05) is 0 Å². The van der Waals surface area contributed by atoms with E-state index in [0.717, 1.165) is 0 Å². The fourth-order valence-electron chi connectivity index (χ4n) is 1.25. The van der Waals surface area contributed by atoms with Crippen molar-refractivity contribution in [1.29, 1.82) is 0 Å². The van der Waals surface area contributed by atoms with Gasteiger partial charge in [-0.15, -0.1) is 0 Å². The summed E-state index contributed by atoms with van der Waals surface area (Å²) in [5.41, 5.74) is -1.27. The second-order valence-electron chi connectivity index (χ2n) is 3.35. The summed E-state index contributed by atoms with van der Waals surface area (Å²) in [7, 11) is -3.33. The lowest BCUT2D eigenvalue weighted by atomic mass is 10.2. The van der Waals surface area contributed by atoms with E-state index in [0.29, 0.717) is 5.56 Å². The molecular weight excluding hydrogens is 296 g/mol. The highest BCUT2D eigenvalue weighted by atomic mass is 32.8. The monoisotopic (exact) mass is 306 g/mol. The van der Waals surface area contributed by atoms with E-state index in [-0.39, 0.29) is 5.75 Å². The number of carboxylic acid groups (broad SMARTS) is 1. The standard InChI is InChI=1S/C10H10O5S3/c11-8(12)9(15-10(13)16)18(14,17)6-7-4-2-1-3-5-7/h1-5,9H,6H2,(H,11,12)(H,13,16). The normalized spacial score (nSPS) is 15.4. The van der Waals surface area contributed by atoms with Crippen LogP contribution in [0.4, 0.5) is 4.79 Å². The van der Waals surface area contributed by atoms with Crippen LogP contribution >= 0.6 is 12.6 Å². The molecule has 0 fully saturated rings. The van der Waals surface area contributed by atoms with E-state index in [9.17, 15) is 13.8 Å². The zero-order valence-electron chi connectivity index (χ0n) is 9.02. The Balaban J connectivity index is 2.96. The van der Waals surface area contributed by atoms with E-state index in [1.165, 1.54) is 0 Å². The first-order valence-corrected chi connectivity index (χ1v) is 7.87. The first kappa shape index (κ1) is 14.9. The van der Waals surface area contributed by atoms with E-state index in [1.54, 1.807) is 30.3 Å². The summed E-state index contributed by atoms with van der Waals surface area (Å²) in [4.78, 5) is 21.6. The summed E-state index contributed by atoms with van der Waals surface area (Å²) in [6.45, 7) is 0. The van der Waals surface area contributed by atoms with Crippen LogP contribution in [0.2, 0.25) is 0 Å². The van der Waals surface area contributed by atoms with Crippen molar-refractivity contribution in [3.05, 3.63) is 35.9 Å². The second-order valence-corrected chi connectivity index (χ2v) is 7.45. The van der Waals surface area contributed by atoms with Gasteiger partial charge in [0.05, 0.1) is 14.2 Å². The largest absolute Gasteiger partial charge is 0.478 e. The molecule has 8 heteroatoms. The molecule has 0 spiro atoms. The van der Waals surface area contributed by atoms with Gasteiger partial charge in [-0.25, -0.2) is 9.59 Å². The Hall–Kier alpha value is -1.12. The van der Waals surface area contributed by atoms with Gasteiger partial charge < -0.3 is 9.84 Å². The SMILES string of the molecule is O=C(S)OC(C(=O)O)S(=O)(=S)Cc1ccccc1. The average Bonchev–Trinajstić information content (AvgIpc) is 2.26. The molecule has 98 valence electrons. The minimum Gasteiger partial charge on any atom is -0.478 e. The molecule has 1 aromatic rings. The molecule has 0 amide bonds. The number of aliphatic carboxylic acids is 1. The molecule has 2 unspecified atom stereocenters. The molecular formula is C10H10O5S3. The molecule has 18 heavy (non-hydrogen) atoms. The Morgan fingerprint density at radius 2 is 1.94 bits per heavy atom. The highest BCUT2D eigenvalue weighted by molar-refractivity contribution is 8.33. The second kappa shape index (κ2) is 6.17. The van der Waals surface area contributed by atoms with Crippen LogP contribution in [0.15, 0.2) is 30.3 Å². The zero-order valence-corrected chi connectivity index (χ0v) is 11.5. The molecule has 2 atom stereocenters. The number of hydrogen-bond donors (Lipinski definition) is 2. The number of carboxylic acids is 1. The maximum atomic E-state index is 12.2. The van der Waals surface area contributed by atoms with E-state index >= 15 is 0 Å². The fourth-order valence-corrected chi connectivity index (χ4v) is 3.55. The van der Waals surface area contributed by atoms with Gasteiger partial charge >= 0.3 is 11.3 Å². The smallest absolute Gasteiger partial charge is 0.365 e. The summed E-state index contributed by atoms with van der Waals surface area (Å²) >= 11 is 8.07. The Morgan fingerprint density at radius 1 is 1.39 bits per heavy atom. The molecule has 0 aromatic heterocycles. The average molecular weight is 306 g/mol. The first-order chi connectivity index (χ1) is 8.33. The van der Waals surface area contributed by atoms with Gasteiger partial charge in [-0.1, -0.05) is 43.0 Å². The summed E-state index contributed by atoms with van der Waals surface area (Å²) in [5.74, 6) is -1.71. The summed E-state index contributed by atoms with van der Waals surface area (Å²) < 4.78 is 16.6. The summed E-state index contributed by atoms with van der Waals surface area (Å²) in [6, 6.07) is 8.50. The molecule has 0 aliphatic heterocycles. The third-order valence-corrected chi connectivity index (χ3v) is 4.62. The van der Waals surface area contributed by atoms with Gasteiger partial charge in [0.2, 0.25) is 0 Å². The number of ether oxygens (including phenoxy) is 1. The number of rotatable bonds is 5. The molecule has 1 aromatic carbocycles. The minimum atomic E-state index is -3.33. The maximum absolute atomic E-state index is 12.2. The Bertz CT molecular complexity index is 538. The van der Waals surface area contributed by atoms with Crippen molar-refractivity contribution in [3.8, 4) is 0 Å². The van der Waals surface area contributed by atoms with Crippen molar-refractivity contribution in [2.24, 2.45) is 0 Å². The molecule has 1 rings (SSSR count). The number of benzene rings is 1. The van der Waals surface area contributed by atoms with Gasteiger partial charge in [-0.05, 0) is 16.8 Å². The van der Waals surface area contributed by atoms with Gasteiger partial charge in [-0.3, -0.25) is 4.21 Å². The predicted octanol–water partition coefficient (Wildman–Crippen LogP) is 1.41. The quantitative estimate of drug-likeness (QED) is 0.632.